The molecule has 2 saturated heterocycles. The average Bonchev–Trinajstić information content (AvgIpc) is 3.35. The summed E-state index contributed by atoms with van der Waals surface area (Å²) in [6, 6.07) is 18.6. The molecule has 14 heteroatoms. The van der Waals surface area contributed by atoms with Gasteiger partial charge in [0, 0.05) is 78.5 Å². The zero-order valence-corrected chi connectivity index (χ0v) is 45.5. The van der Waals surface area contributed by atoms with Crippen LogP contribution in [-0.4, -0.2) is 221 Å². The van der Waals surface area contributed by atoms with Crippen LogP contribution < -0.4 is 16.4 Å². The smallest absolute Gasteiger partial charge is 0.182 e. The fourth-order valence-electron chi connectivity index (χ4n) is 10.1. The lowest BCUT2D eigenvalue weighted by Crippen LogP contribution is -2.42. The molecule has 8 aliphatic rings. The Morgan fingerprint density at radius 1 is 0.423 bits per heavy atom. The Balaban J connectivity index is 0.000000155. The van der Waals surface area contributed by atoms with Crippen LogP contribution in [0, 0.1) is 0 Å². The van der Waals surface area contributed by atoms with Crippen molar-refractivity contribution >= 4 is 63.6 Å². The van der Waals surface area contributed by atoms with Gasteiger partial charge in [-0.15, -0.1) is 5.47 Å². The Morgan fingerprint density at radius 3 is 1.55 bits per heavy atom. The molecule has 0 bridgehead atoms. The summed E-state index contributed by atoms with van der Waals surface area (Å²) >= 11 is 0. The van der Waals surface area contributed by atoms with Gasteiger partial charge < -0.3 is 39.1 Å². The maximum Gasteiger partial charge on any atom is 0.182 e. The van der Waals surface area contributed by atoms with Crippen LogP contribution in [0.2, 0.25) is 5.82 Å². The molecule has 12 radical (unpaired) electrons. The summed E-state index contributed by atoms with van der Waals surface area (Å²) in [5.41, 5.74) is 15.8. The van der Waals surface area contributed by atoms with Crippen molar-refractivity contribution in [2.45, 2.75) is 96.1 Å². The average molecular weight is 948 g/mol. The Morgan fingerprint density at radius 2 is 0.944 bits per heavy atom. The molecule has 0 saturated carbocycles. The van der Waals surface area contributed by atoms with E-state index in [1.54, 1.807) is 11.1 Å². The van der Waals surface area contributed by atoms with E-state index in [9.17, 15) is 0 Å². The van der Waals surface area contributed by atoms with Crippen LogP contribution in [-0.2, 0) is 38.9 Å². The van der Waals surface area contributed by atoms with Crippen molar-refractivity contribution < 1.29 is 0 Å². The first-order valence-electron chi connectivity index (χ1n) is 26.8. The summed E-state index contributed by atoms with van der Waals surface area (Å²) in [6.07, 6.45) is 15.9. The van der Waals surface area contributed by atoms with Gasteiger partial charge in [0.15, 0.2) is 7.98 Å². The molecule has 0 atom stereocenters. The van der Waals surface area contributed by atoms with E-state index in [0.29, 0.717) is 5.82 Å². The van der Waals surface area contributed by atoms with E-state index >= 15 is 0 Å². The first kappa shape index (κ1) is 59.1. The first-order valence-corrected chi connectivity index (χ1v) is 26.8. The third-order valence-corrected chi connectivity index (χ3v) is 15.1. The number of nitrogens with zero attached hydrogens (tertiary/aromatic N) is 8. The Labute approximate surface area is 441 Å². The maximum absolute atomic E-state index is 5.87. The summed E-state index contributed by atoms with van der Waals surface area (Å²) in [5.74, 6) is 0.478. The molecule has 0 spiro atoms. The van der Waals surface area contributed by atoms with Crippen molar-refractivity contribution in [3.05, 3.63) is 111 Å². The molecule has 2 fully saturated rings. The van der Waals surface area contributed by atoms with E-state index < -0.39 is 0 Å². The standard InChI is InChI=1S/3C10H12BN.C10H17N.C6H12BN.C6H10BN.C5H11BN2/c1-12-5-4-8-6-10(11)3-2-9(8)7-12;1-12-5-4-8-2-3-10(11)6-9(8)7-12;1-12-6-5-9-8(7-12)3-2-4-10(9)11;1-11-7-6-9-4-2-3-5-10(9)8-11;2*1-8-4-2-6(7)3-5-8;1-7-2-4-8(6)5-3-7/h2*2-3,6H,4-5,7H2,1H3;2-4H,5-7H2,1H3;2-8H2,1H3;6H,2-5H2,1H3;2H,3-5H2,1H3;2-5H2,1H3. The Bertz CT molecular complexity index is 2060. The van der Waals surface area contributed by atoms with Crippen molar-refractivity contribution in [3.63, 3.8) is 0 Å². The molecule has 11 rings (SSSR count). The van der Waals surface area contributed by atoms with E-state index in [1.807, 2.05) is 29.1 Å². The second kappa shape index (κ2) is 31.2. The van der Waals surface area contributed by atoms with E-state index in [1.165, 1.54) is 105 Å². The summed E-state index contributed by atoms with van der Waals surface area (Å²) in [4.78, 5) is 18.1. The zero-order valence-electron chi connectivity index (χ0n) is 45.5. The zero-order chi connectivity index (χ0) is 51.3. The number of rotatable bonds is 0. The quantitative estimate of drug-likeness (QED) is 0.248. The Hall–Kier alpha value is -2.79. The van der Waals surface area contributed by atoms with E-state index in [-0.39, 0.29) is 0 Å². The van der Waals surface area contributed by atoms with Gasteiger partial charge in [0.1, 0.15) is 31.4 Å². The topological polar surface area (TPSA) is 25.9 Å². The van der Waals surface area contributed by atoms with Crippen molar-refractivity contribution in [1.82, 2.24) is 39.1 Å². The minimum Gasteiger partial charge on any atom is -0.351 e. The van der Waals surface area contributed by atoms with Gasteiger partial charge in [0.25, 0.3) is 0 Å². The number of likely N-dealkylation sites (N-methyl/N-ethyl adjacent to an activating group) is 6. The van der Waals surface area contributed by atoms with E-state index in [2.05, 4.69) is 120 Å². The number of benzene rings is 3. The van der Waals surface area contributed by atoms with Gasteiger partial charge in [-0.25, -0.2) is 0 Å². The van der Waals surface area contributed by atoms with Gasteiger partial charge in [-0.2, -0.15) is 0 Å². The third kappa shape index (κ3) is 21.9. The summed E-state index contributed by atoms with van der Waals surface area (Å²) in [6.45, 7) is 17.9. The van der Waals surface area contributed by atoms with Gasteiger partial charge in [-0.3, -0.25) is 0 Å². The van der Waals surface area contributed by atoms with E-state index in [4.69, 9.17) is 47.2 Å². The first-order chi connectivity index (χ1) is 34.0. The lowest BCUT2D eigenvalue weighted by atomic mass is 9.80. The minimum atomic E-state index is 0.478. The van der Waals surface area contributed by atoms with Crippen molar-refractivity contribution in [3.8, 4) is 0 Å². The highest BCUT2D eigenvalue weighted by Gasteiger charge is 2.19. The second-order valence-electron chi connectivity index (χ2n) is 21.7. The van der Waals surface area contributed by atoms with Crippen LogP contribution in [0.1, 0.15) is 84.7 Å². The molecular formula is C57H86B6N8. The number of hydrogen-bond donors (Lipinski definition) is 0. The number of likely N-dealkylation sites (tertiary alicyclic amines) is 1. The number of fused-ring (bicyclic) bond motifs is 3. The normalized spacial score (nSPS) is 21.5. The number of piperidine rings is 1. The van der Waals surface area contributed by atoms with Crippen LogP contribution in [0.15, 0.2) is 77.3 Å². The molecule has 0 amide bonds. The molecule has 3 aromatic rings. The number of hydrogen-bond acceptors (Lipinski definition) is 8. The highest BCUT2D eigenvalue weighted by molar-refractivity contribution is 6.33. The molecule has 0 aromatic heterocycles. The third-order valence-electron chi connectivity index (χ3n) is 15.1. The van der Waals surface area contributed by atoms with Crippen LogP contribution in [0.25, 0.3) is 0 Å². The van der Waals surface area contributed by atoms with Crippen molar-refractivity contribution in [2.75, 3.05) is 134 Å². The lowest BCUT2D eigenvalue weighted by Gasteiger charge is -2.30. The van der Waals surface area contributed by atoms with Crippen LogP contribution in [0.5, 0.6) is 0 Å². The van der Waals surface area contributed by atoms with Crippen LogP contribution >= 0.6 is 0 Å². The van der Waals surface area contributed by atoms with Gasteiger partial charge in [-0.05, 0) is 180 Å². The molecule has 3 aromatic carbocycles. The monoisotopic (exact) mass is 949 g/mol. The minimum absolute atomic E-state index is 0.478. The molecular weight excluding hydrogens is 862 g/mol. The predicted molar refractivity (Wildman–Crippen MR) is 310 cm³/mol. The molecule has 0 N–H and O–H groups in total. The molecule has 372 valence electrons. The SMILES string of the molecule is CN1CCC2=C(CCCC2)C1.[B]C1=CCN(C)CC1.[B]C1CCN(C)CC1.[B]N1CCN(C)CC1.[B]c1ccc2c(c1)CCN(C)C2.[B]c1ccc2c(c1)CN(C)CC2.[B]c1cccc2c1CCN(C)C2. The van der Waals surface area contributed by atoms with Gasteiger partial charge in [-0.1, -0.05) is 94.0 Å². The summed E-state index contributed by atoms with van der Waals surface area (Å²) in [7, 11) is 49.0. The van der Waals surface area contributed by atoms with Crippen molar-refractivity contribution in [2.24, 2.45) is 0 Å². The Kier molecular flexibility index (Phi) is 25.9. The molecule has 8 nitrogen and oxygen atoms in total. The molecule has 1 aliphatic carbocycles. The predicted octanol–water partition coefficient (Wildman–Crippen LogP) is 3.96. The van der Waals surface area contributed by atoms with Gasteiger partial charge >= 0.3 is 0 Å². The molecule has 7 heterocycles. The van der Waals surface area contributed by atoms with Gasteiger partial charge in [0.05, 0.1) is 7.85 Å². The highest BCUT2D eigenvalue weighted by atomic mass is 15.2. The number of piperazine rings is 1. The largest absolute Gasteiger partial charge is 0.351 e. The molecule has 0 unspecified atom stereocenters. The molecule has 7 aliphatic heterocycles. The summed E-state index contributed by atoms with van der Waals surface area (Å²) < 4.78 is 0. The van der Waals surface area contributed by atoms with Crippen molar-refractivity contribution in [1.29, 1.82) is 0 Å². The maximum atomic E-state index is 5.87. The highest BCUT2D eigenvalue weighted by Crippen LogP contribution is 2.30. The fourth-order valence-corrected chi connectivity index (χ4v) is 10.1. The molecule has 71 heavy (non-hydrogen) atoms. The van der Waals surface area contributed by atoms with Crippen LogP contribution in [0.3, 0.4) is 0 Å². The summed E-state index contributed by atoms with van der Waals surface area (Å²) in [5, 5.41) is 0. The second-order valence-corrected chi connectivity index (χ2v) is 21.7. The fraction of sp³-hybridized carbons (Fsp3) is 0.614. The lowest BCUT2D eigenvalue weighted by molar-refractivity contribution is 0.227. The van der Waals surface area contributed by atoms with E-state index in [0.717, 1.165) is 126 Å². The van der Waals surface area contributed by atoms with Crippen LogP contribution in [0.4, 0.5) is 0 Å². The van der Waals surface area contributed by atoms with Gasteiger partial charge in [0.2, 0.25) is 0 Å².